The number of aromatic nitrogens is 6. The molecule has 0 bridgehead atoms. The Labute approximate surface area is 345 Å². The zero-order valence-electron chi connectivity index (χ0n) is 32.0. The lowest BCUT2D eigenvalue weighted by molar-refractivity contribution is 0.281. The van der Waals surface area contributed by atoms with Gasteiger partial charge in [0.2, 0.25) is 23.8 Å². The van der Waals surface area contributed by atoms with E-state index >= 15 is 0 Å². The standard InChI is InChI=1S/C38H40N12O8S2/c1-25(23-51)39-33-43-35(41-29-12-5-3-6-13-29)47-37(45-33)49-57-59(53,54)31-21-18-27(19-22-31)17-20-28-11-9-10-16-32(28)60(55,56)58-50-38-46-34(40-26(2)24-52)44-36(48-38)42-30-14-7-4-8-15-30/h3-22,25-26,51-52H,23-24H2,1-2H3,(H3,39,41,43,45,47,49)(H3,40,42,44,46,48,50). The maximum absolute atomic E-state index is 13.5. The topological polar surface area (TPSA) is 277 Å². The highest BCUT2D eigenvalue weighted by Gasteiger charge is 2.21. The number of aliphatic hydroxyl groups is 2. The van der Waals surface area contributed by atoms with Crippen LogP contribution in [-0.4, -0.2) is 82.2 Å². The van der Waals surface area contributed by atoms with Gasteiger partial charge in [0.25, 0.3) is 11.9 Å². The maximum atomic E-state index is 13.5. The summed E-state index contributed by atoms with van der Waals surface area (Å²) in [7, 11) is -8.86. The minimum absolute atomic E-state index is 0.0445. The minimum Gasteiger partial charge on any atom is -0.394 e. The van der Waals surface area contributed by atoms with Crippen molar-refractivity contribution in [1.29, 1.82) is 0 Å². The van der Waals surface area contributed by atoms with Gasteiger partial charge in [-0.15, -0.1) is 8.57 Å². The van der Waals surface area contributed by atoms with Crippen molar-refractivity contribution in [2.45, 2.75) is 35.7 Å². The maximum Gasteiger partial charge on any atom is 0.318 e. The second-order valence-corrected chi connectivity index (χ2v) is 15.8. The van der Waals surface area contributed by atoms with E-state index in [2.05, 4.69) is 62.1 Å². The van der Waals surface area contributed by atoms with E-state index in [1.807, 2.05) is 36.4 Å². The zero-order chi connectivity index (χ0) is 42.5. The molecule has 0 radical (unpaired) electrons. The van der Waals surface area contributed by atoms with Gasteiger partial charge in [0.1, 0.15) is 4.90 Å². The van der Waals surface area contributed by atoms with E-state index < -0.39 is 32.3 Å². The molecule has 0 aliphatic carbocycles. The first-order chi connectivity index (χ1) is 28.9. The highest BCUT2D eigenvalue weighted by atomic mass is 32.2. The fraction of sp³-hybridized carbons (Fsp3) is 0.158. The monoisotopic (exact) mass is 856 g/mol. The molecule has 0 fully saturated rings. The number of para-hydroxylation sites is 2. The van der Waals surface area contributed by atoms with Gasteiger partial charge in [0.15, 0.2) is 0 Å². The molecule has 2 aromatic heterocycles. The van der Waals surface area contributed by atoms with E-state index in [1.165, 1.54) is 42.5 Å². The van der Waals surface area contributed by atoms with Crippen LogP contribution in [0.25, 0.3) is 12.2 Å². The fourth-order valence-electron chi connectivity index (χ4n) is 4.97. The van der Waals surface area contributed by atoms with E-state index in [0.717, 1.165) is 0 Å². The van der Waals surface area contributed by atoms with Crippen LogP contribution in [0.4, 0.5) is 47.1 Å². The highest BCUT2D eigenvalue weighted by Crippen LogP contribution is 2.23. The number of rotatable bonds is 20. The molecule has 0 spiro atoms. The Kier molecular flexibility index (Phi) is 14.1. The molecule has 0 saturated heterocycles. The van der Waals surface area contributed by atoms with Crippen LogP contribution in [0.3, 0.4) is 0 Å². The molecule has 2 atom stereocenters. The van der Waals surface area contributed by atoms with Crippen molar-refractivity contribution in [2.75, 3.05) is 45.4 Å². The summed E-state index contributed by atoms with van der Waals surface area (Å²) >= 11 is 0. The van der Waals surface area contributed by atoms with Crippen molar-refractivity contribution in [1.82, 2.24) is 29.9 Å². The van der Waals surface area contributed by atoms with E-state index in [4.69, 9.17) is 8.57 Å². The Balaban J connectivity index is 1.13. The summed E-state index contributed by atoms with van der Waals surface area (Å²) in [4.78, 5) is 24.9. The average Bonchev–Trinajstić information content (AvgIpc) is 3.25. The Morgan fingerprint density at radius 2 is 0.967 bits per heavy atom. The number of hydrogen-bond donors (Lipinski definition) is 8. The van der Waals surface area contributed by atoms with Crippen molar-refractivity contribution in [3.8, 4) is 0 Å². The first kappa shape index (κ1) is 42.8. The molecular formula is C38H40N12O8S2. The highest BCUT2D eigenvalue weighted by molar-refractivity contribution is 7.87. The van der Waals surface area contributed by atoms with Crippen LogP contribution in [-0.2, 0) is 28.8 Å². The number of nitrogens with one attached hydrogen (secondary N) is 6. The van der Waals surface area contributed by atoms with Crippen molar-refractivity contribution in [3.63, 3.8) is 0 Å². The zero-order valence-corrected chi connectivity index (χ0v) is 33.6. The van der Waals surface area contributed by atoms with Crippen LogP contribution in [0.5, 0.6) is 0 Å². The third kappa shape index (κ3) is 12.1. The van der Waals surface area contributed by atoms with Gasteiger partial charge in [0.05, 0.1) is 18.1 Å². The summed E-state index contributed by atoms with van der Waals surface area (Å²) in [6.07, 6.45) is 3.10. The molecule has 8 N–H and O–H groups in total. The molecule has 0 aliphatic rings. The molecule has 22 heteroatoms. The number of benzene rings is 4. The third-order valence-electron chi connectivity index (χ3n) is 7.93. The lowest BCUT2D eigenvalue weighted by atomic mass is 10.1. The molecule has 0 aliphatic heterocycles. The molecular weight excluding hydrogens is 817 g/mol. The molecule has 60 heavy (non-hydrogen) atoms. The number of nitrogens with zero attached hydrogens (tertiary/aromatic N) is 6. The summed E-state index contributed by atoms with van der Waals surface area (Å²) in [5.74, 6) is -0.240. The van der Waals surface area contributed by atoms with Gasteiger partial charge < -0.3 is 31.5 Å². The second kappa shape index (κ2) is 19.8. The Bertz CT molecular complexity index is 2610. The summed E-state index contributed by atoms with van der Waals surface area (Å²) in [5.41, 5.74) is 6.65. The number of aliphatic hydroxyl groups excluding tert-OH is 2. The smallest absolute Gasteiger partial charge is 0.318 e. The van der Waals surface area contributed by atoms with E-state index in [1.54, 1.807) is 56.3 Å². The number of anilines is 8. The summed E-state index contributed by atoms with van der Waals surface area (Å²) < 4.78 is 63.4. The first-order valence-corrected chi connectivity index (χ1v) is 20.9. The van der Waals surface area contributed by atoms with E-state index in [-0.39, 0.29) is 64.3 Å². The van der Waals surface area contributed by atoms with Crippen LogP contribution < -0.4 is 32.2 Å². The SMILES string of the molecule is CC(CO)Nc1nc(NOS(=O)(=O)c2ccc(C=Cc3ccccc3S(=O)(=O)ONc3nc(Nc4ccccc4)nc(NC(C)CO)n3)cc2)nc(Nc2ccccc2)n1. The van der Waals surface area contributed by atoms with Crippen molar-refractivity contribution >= 4 is 79.5 Å². The van der Waals surface area contributed by atoms with Gasteiger partial charge in [-0.05, 0) is 67.4 Å². The summed E-state index contributed by atoms with van der Waals surface area (Å²) in [6, 6.07) is 28.9. The van der Waals surface area contributed by atoms with Crippen molar-refractivity contribution in [2.24, 2.45) is 0 Å². The largest absolute Gasteiger partial charge is 0.394 e. The van der Waals surface area contributed by atoms with Crippen LogP contribution >= 0.6 is 0 Å². The Morgan fingerprint density at radius 1 is 0.533 bits per heavy atom. The summed E-state index contributed by atoms with van der Waals surface area (Å²) in [6.45, 7) is 2.97. The summed E-state index contributed by atoms with van der Waals surface area (Å²) in [5, 5.41) is 30.8. The molecule has 312 valence electrons. The lowest BCUT2D eigenvalue weighted by Gasteiger charge is -2.14. The molecule has 2 heterocycles. The normalized spacial score (nSPS) is 12.7. The van der Waals surface area contributed by atoms with Gasteiger partial charge in [-0.1, -0.05) is 78.9 Å². The molecule has 4 aromatic carbocycles. The molecule has 20 nitrogen and oxygen atoms in total. The van der Waals surface area contributed by atoms with Crippen molar-refractivity contribution < 1.29 is 35.6 Å². The van der Waals surface area contributed by atoms with Gasteiger partial charge in [-0.3, -0.25) is 0 Å². The van der Waals surface area contributed by atoms with Crippen LogP contribution in [0.15, 0.2) is 119 Å². The van der Waals surface area contributed by atoms with Crippen LogP contribution in [0, 0.1) is 0 Å². The third-order valence-corrected chi connectivity index (χ3v) is 10.3. The predicted octanol–water partition coefficient (Wildman–Crippen LogP) is 4.76. The van der Waals surface area contributed by atoms with E-state index in [0.29, 0.717) is 16.9 Å². The fourth-order valence-corrected chi connectivity index (χ4v) is 6.67. The van der Waals surface area contributed by atoms with Gasteiger partial charge in [0, 0.05) is 23.5 Å². The molecule has 6 aromatic rings. The molecule has 2 unspecified atom stereocenters. The quantitative estimate of drug-likeness (QED) is 0.0379. The van der Waals surface area contributed by atoms with Gasteiger partial charge in [-0.25, -0.2) is 11.0 Å². The van der Waals surface area contributed by atoms with Gasteiger partial charge >= 0.3 is 20.2 Å². The first-order valence-electron chi connectivity index (χ1n) is 18.1. The number of hydrogen-bond acceptors (Lipinski definition) is 20. The predicted molar refractivity (Wildman–Crippen MR) is 225 cm³/mol. The molecule has 0 saturated carbocycles. The Hall–Kier alpha value is -6.82. The average molecular weight is 857 g/mol. The van der Waals surface area contributed by atoms with Crippen molar-refractivity contribution in [3.05, 3.63) is 120 Å². The minimum atomic E-state index is -4.47. The van der Waals surface area contributed by atoms with Crippen LogP contribution in [0.2, 0.25) is 0 Å². The Morgan fingerprint density at radius 3 is 1.47 bits per heavy atom. The molecule has 6 rings (SSSR count). The lowest BCUT2D eigenvalue weighted by Crippen LogP contribution is -2.22. The van der Waals surface area contributed by atoms with E-state index in [9.17, 15) is 27.0 Å². The second-order valence-electron chi connectivity index (χ2n) is 12.8. The van der Waals surface area contributed by atoms with Gasteiger partial charge in [-0.2, -0.15) is 46.7 Å². The van der Waals surface area contributed by atoms with Crippen LogP contribution in [0.1, 0.15) is 25.0 Å². The molecule has 0 amide bonds.